The van der Waals surface area contributed by atoms with E-state index in [0.717, 1.165) is 47.5 Å². The number of fused-ring (bicyclic) bond motifs is 6. The number of pyridine rings is 1. The number of carbonyl (C=O) groups is 4. The zero-order chi connectivity index (χ0) is 41.4. The number of amides is 2. The van der Waals surface area contributed by atoms with E-state index in [2.05, 4.69) is 36.1 Å². The Morgan fingerprint density at radius 1 is 0.929 bits per heavy atom. The van der Waals surface area contributed by atoms with Gasteiger partial charge in [-0.15, -0.1) is 0 Å². The summed E-state index contributed by atoms with van der Waals surface area (Å²) in [5.74, 6) is -4.00. The van der Waals surface area contributed by atoms with Gasteiger partial charge < -0.3 is 35.6 Å². The molecule has 2 aliphatic rings. The molecule has 0 saturated carbocycles. The molecule has 1 aromatic carbocycles. The number of rotatable bonds is 4. The van der Waals surface area contributed by atoms with Crippen LogP contribution in [0.25, 0.3) is 0 Å². The highest BCUT2D eigenvalue weighted by Gasteiger charge is 2.39. The minimum atomic E-state index is -5.08. The summed E-state index contributed by atoms with van der Waals surface area (Å²) in [6.45, 7) is 4.73. The van der Waals surface area contributed by atoms with E-state index in [9.17, 15) is 35.9 Å². The van der Waals surface area contributed by atoms with E-state index in [1.54, 1.807) is 26.2 Å². The molecule has 5 N–H and O–H groups in total. The summed E-state index contributed by atoms with van der Waals surface area (Å²) in [6, 6.07) is 7.82. The number of nitrogens with one attached hydrogen (secondary N) is 3. The van der Waals surface area contributed by atoms with Crippen molar-refractivity contribution in [3.05, 3.63) is 76.0 Å². The standard InChI is InChI=1S/C30H31ClN8O3.2C2HF3O2/c1-17-27(18(2)42-38-17)29(41)39-9-7-19(8-10-39)12-26(40)36-25-6-5-22-13-21(25)4-3-20-11-23(15-32-14-20)35-30-33-16-24(31)28(34-22)37-30;2*3-2(4,5)1(6)7/h5-6,11,13-16,19H,3-4,7-10,12H2,1-2H3,(H,36,40)(H2,33,34,35,37);2*(H,6,7). The van der Waals surface area contributed by atoms with E-state index in [4.69, 9.17) is 35.9 Å². The number of carboxylic acids is 2. The maximum atomic E-state index is 13.2. The van der Waals surface area contributed by atoms with Gasteiger partial charge in [-0.25, -0.2) is 14.6 Å². The van der Waals surface area contributed by atoms with Gasteiger partial charge in [-0.3, -0.25) is 14.6 Å². The molecular weight excluding hydrogens is 782 g/mol. The van der Waals surface area contributed by atoms with Crippen molar-refractivity contribution in [3.8, 4) is 0 Å². The Kier molecular flexibility index (Phi) is 13.8. The van der Waals surface area contributed by atoms with Crippen molar-refractivity contribution in [2.75, 3.05) is 29.0 Å². The lowest BCUT2D eigenvalue weighted by atomic mass is 9.92. The third kappa shape index (κ3) is 12.0. The molecule has 6 rings (SSSR count). The predicted molar refractivity (Wildman–Crippen MR) is 187 cm³/mol. The first-order chi connectivity index (χ1) is 26.2. The van der Waals surface area contributed by atoms with Crippen LogP contribution in [0, 0.1) is 19.8 Å². The molecule has 6 bridgehead atoms. The van der Waals surface area contributed by atoms with E-state index >= 15 is 0 Å². The Labute approximate surface area is 318 Å². The molecule has 300 valence electrons. The lowest BCUT2D eigenvalue weighted by Gasteiger charge is -2.31. The number of aromatic nitrogens is 4. The molecule has 1 fully saturated rings. The molecule has 0 aliphatic carbocycles. The fraction of sp³-hybridized carbons (Fsp3) is 0.353. The number of likely N-dealkylation sites (tertiary alicyclic amines) is 1. The second-order valence-electron chi connectivity index (χ2n) is 12.4. The van der Waals surface area contributed by atoms with E-state index < -0.39 is 24.3 Å². The van der Waals surface area contributed by atoms with Crippen LogP contribution in [0.15, 0.2) is 47.4 Å². The number of carbonyl (C=O) groups excluding carboxylic acids is 2. The number of carboxylic acid groups (broad SMARTS) is 2. The molecule has 5 heterocycles. The van der Waals surface area contributed by atoms with E-state index in [1.165, 1.54) is 0 Å². The normalized spacial score (nSPS) is 14.1. The Morgan fingerprint density at radius 3 is 2.16 bits per heavy atom. The van der Waals surface area contributed by atoms with E-state index in [0.29, 0.717) is 59.7 Å². The van der Waals surface area contributed by atoms with Gasteiger partial charge in [0, 0.05) is 37.1 Å². The molecule has 2 aliphatic heterocycles. The topological polar surface area (TPSA) is 213 Å². The Hall–Kier alpha value is -5.99. The van der Waals surface area contributed by atoms with Gasteiger partial charge in [0.25, 0.3) is 5.91 Å². The van der Waals surface area contributed by atoms with Crippen LogP contribution in [0.5, 0.6) is 0 Å². The molecule has 3 aromatic heterocycles. The van der Waals surface area contributed by atoms with Crippen molar-refractivity contribution in [2.45, 2.75) is 58.3 Å². The van der Waals surface area contributed by atoms with Crippen LogP contribution in [-0.4, -0.2) is 84.4 Å². The fourth-order valence-corrected chi connectivity index (χ4v) is 5.64. The molecule has 4 aromatic rings. The molecule has 0 unspecified atom stereocenters. The summed E-state index contributed by atoms with van der Waals surface area (Å²) < 4.78 is 68.6. The molecule has 0 spiro atoms. The molecule has 15 nitrogen and oxygen atoms in total. The number of aryl methyl sites for hydroxylation is 4. The number of alkyl halides is 6. The quantitative estimate of drug-likeness (QED) is 0.133. The summed E-state index contributed by atoms with van der Waals surface area (Å²) in [5, 5.41) is 28.2. The van der Waals surface area contributed by atoms with Gasteiger partial charge in [0.05, 0.1) is 23.8 Å². The Balaban J connectivity index is 0.000000425. The number of anilines is 5. The average molecular weight is 815 g/mol. The monoisotopic (exact) mass is 814 g/mol. The molecule has 0 radical (unpaired) electrons. The third-order valence-corrected chi connectivity index (χ3v) is 8.50. The average Bonchev–Trinajstić information content (AvgIpc) is 3.46. The molecule has 2 amide bonds. The van der Waals surface area contributed by atoms with Crippen LogP contribution < -0.4 is 16.0 Å². The number of aliphatic carboxylic acids is 2. The van der Waals surface area contributed by atoms with Gasteiger partial charge in [-0.1, -0.05) is 16.8 Å². The van der Waals surface area contributed by atoms with Gasteiger partial charge in [-0.05, 0) is 80.8 Å². The van der Waals surface area contributed by atoms with Crippen molar-refractivity contribution in [1.29, 1.82) is 0 Å². The fourth-order valence-electron chi connectivity index (χ4n) is 5.50. The van der Waals surface area contributed by atoms with Crippen molar-refractivity contribution < 1.29 is 60.3 Å². The number of piperidine rings is 1. The van der Waals surface area contributed by atoms with Gasteiger partial charge in [0.1, 0.15) is 16.3 Å². The highest BCUT2D eigenvalue weighted by molar-refractivity contribution is 6.32. The number of benzene rings is 1. The van der Waals surface area contributed by atoms with Crippen molar-refractivity contribution >= 4 is 64.2 Å². The van der Waals surface area contributed by atoms with Crippen LogP contribution >= 0.6 is 11.6 Å². The Bertz CT molecular complexity index is 2030. The first-order valence-electron chi connectivity index (χ1n) is 16.5. The summed E-state index contributed by atoms with van der Waals surface area (Å²) in [6.07, 6.45) is -1.73. The third-order valence-electron chi connectivity index (χ3n) is 8.23. The van der Waals surface area contributed by atoms with Gasteiger partial charge >= 0.3 is 24.3 Å². The van der Waals surface area contributed by atoms with Crippen LogP contribution in [0.4, 0.5) is 55.2 Å². The highest BCUT2D eigenvalue weighted by Crippen LogP contribution is 2.30. The second kappa shape index (κ2) is 18.1. The second-order valence-corrected chi connectivity index (χ2v) is 12.8. The number of nitrogens with zero attached hydrogens (tertiary/aromatic N) is 5. The molecule has 0 atom stereocenters. The minimum absolute atomic E-state index is 0.0401. The summed E-state index contributed by atoms with van der Waals surface area (Å²) in [4.78, 5) is 58.9. The van der Waals surface area contributed by atoms with Crippen molar-refractivity contribution in [1.82, 2.24) is 25.0 Å². The van der Waals surface area contributed by atoms with Gasteiger partial charge in [-0.2, -0.15) is 31.3 Å². The van der Waals surface area contributed by atoms with Crippen LogP contribution in [0.2, 0.25) is 5.02 Å². The summed E-state index contributed by atoms with van der Waals surface area (Å²) >= 11 is 6.38. The predicted octanol–water partition coefficient (Wildman–Crippen LogP) is 6.86. The lowest BCUT2D eigenvalue weighted by molar-refractivity contribution is -0.193. The van der Waals surface area contributed by atoms with Crippen LogP contribution in [0.3, 0.4) is 0 Å². The SMILES string of the molecule is Cc1noc(C)c1C(=O)N1CCC(CC(=O)Nc2ccc3cc2CCc2cncc(c2)Nc2ncc(Cl)c(n2)N3)CC1.O=C(O)C(F)(F)F.O=C(O)C(F)(F)F. The van der Waals surface area contributed by atoms with Crippen molar-refractivity contribution in [3.63, 3.8) is 0 Å². The van der Waals surface area contributed by atoms with Crippen LogP contribution in [0.1, 0.15) is 52.2 Å². The zero-order valence-electron chi connectivity index (χ0n) is 29.4. The van der Waals surface area contributed by atoms with Crippen LogP contribution in [-0.2, 0) is 27.2 Å². The number of hydrogen-bond acceptors (Lipinski definition) is 11. The van der Waals surface area contributed by atoms with Gasteiger partial charge in [0.2, 0.25) is 11.9 Å². The zero-order valence-corrected chi connectivity index (χ0v) is 30.1. The molecule has 22 heteroatoms. The summed E-state index contributed by atoms with van der Waals surface area (Å²) in [7, 11) is 0. The smallest absolute Gasteiger partial charge is 0.475 e. The maximum Gasteiger partial charge on any atom is 0.490 e. The Morgan fingerprint density at radius 2 is 1.57 bits per heavy atom. The highest BCUT2D eigenvalue weighted by atomic mass is 35.5. The molecule has 56 heavy (non-hydrogen) atoms. The maximum absolute atomic E-state index is 13.2. The minimum Gasteiger partial charge on any atom is -0.475 e. The summed E-state index contributed by atoms with van der Waals surface area (Å²) in [5.41, 5.74) is 5.52. The first-order valence-corrected chi connectivity index (χ1v) is 16.8. The number of hydrogen-bond donors (Lipinski definition) is 5. The molecular formula is C34H33ClF6N8O7. The lowest BCUT2D eigenvalue weighted by Crippen LogP contribution is -2.39. The largest absolute Gasteiger partial charge is 0.490 e. The van der Waals surface area contributed by atoms with E-state index in [1.807, 2.05) is 35.4 Å². The van der Waals surface area contributed by atoms with Crippen molar-refractivity contribution in [2.24, 2.45) is 5.92 Å². The van der Waals surface area contributed by atoms with E-state index in [-0.39, 0.29) is 17.7 Å². The number of halogens is 7. The first kappa shape index (κ1) is 42.7. The van der Waals surface area contributed by atoms with Gasteiger partial charge in [0.15, 0.2) is 5.82 Å². The molecule has 1 saturated heterocycles.